The number of anilines is 1. The number of carbonyl (C=O) groups is 2. The highest BCUT2D eigenvalue weighted by Crippen LogP contribution is 2.12. The molecule has 0 fully saturated rings. The van der Waals surface area contributed by atoms with Crippen molar-refractivity contribution >= 4 is 34.8 Å². The second kappa shape index (κ2) is 10.4. The number of amides is 2. The van der Waals surface area contributed by atoms with Crippen molar-refractivity contribution in [2.45, 2.75) is 26.3 Å². The number of hydrogen-bond donors (Lipinski definition) is 4. The number of hydrazine groups is 1. The van der Waals surface area contributed by atoms with Crippen LogP contribution in [-0.2, 0) is 4.79 Å². The van der Waals surface area contributed by atoms with Gasteiger partial charge in [0.15, 0.2) is 5.11 Å². The highest BCUT2D eigenvalue weighted by atomic mass is 32.1. The van der Waals surface area contributed by atoms with Gasteiger partial charge in [0.2, 0.25) is 0 Å². The van der Waals surface area contributed by atoms with Gasteiger partial charge in [-0.1, -0.05) is 50.6 Å². The quantitative estimate of drug-likeness (QED) is 0.441. The maximum absolute atomic E-state index is 13.6. The maximum atomic E-state index is 13.6. The maximum Gasteiger partial charge on any atom is 0.261 e. The molecule has 2 aromatic rings. The minimum atomic E-state index is -0.763. The summed E-state index contributed by atoms with van der Waals surface area (Å²) in [5.74, 6) is -1.36. The Balaban J connectivity index is 1.96. The molecule has 4 N–H and O–H groups in total. The number of thiocarbonyl (C=S) groups is 1. The molecule has 2 rings (SSSR count). The van der Waals surface area contributed by atoms with Gasteiger partial charge in [-0.05, 0) is 42.4 Å². The van der Waals surface area contributed by atoms with E-state index in [2.05, 4.69) is 21.5 Å². The molecule has 0 radical (unpaired) electrons. The fourth-order valence-electron chi connectivity index (χ4n) is 2.43. The Morgan fingerprint density at radius 1 is 1.04 bits per heavy atom. The summed E-state index contributed by atoms with van der Waals surface area (Å²) in [6, 6.07) is 13.9. The third kappa shape index (κ3) is 6.02. The molecule has 0 bridgehead atoms. The van der Waals surface area contributed by atoms with E-state index in [4.69, 9.17) is 12.2 Å². The van der Waals surface area contributed by atoms with E-state index in [1.54, 1.807) is 36.4 Å². The highest BCUT2D eigenvalue weighted by Gasteiger charge is 2.26. The number of para-hydroxylation sites is 1. The average Bonchev–Trinajstić information content (AvgIpc) is 2.71. The van der Waals surface area contributed by atoms with E-state index in [-0.39, 0.29) is 22.6 Å². The van der Waals surface area contributed by atoms with Gasteiger partial charge in [0.05, 0.1) is 5.69 Å². The second-order valence-corrected chi connectivity index (χ2v) is 6.66. The highest BCUT2D eigenvalue weighted by molar-refractivity contribution is 7.80. The SMILES string of the molecule is CC[C@H](C)[C@H](NC(=O)c1ccccc1)C(=O)NNC(=S)Nc1ccccc1F. The molecule has 6 nitrogen and oxygen atoms in total. The number of carbonyl (C=O) groups excluding carboxylic acids is 2. The molecule has 8 heteroatoms. The minimum Gasteiger partial charge on any atom is -0.340 e. The third-order valence-electron chi connectivity index (χ3n) is 4.24. The van der Waals surface area contributed by atoms with Crippen molar-refractivity contribution in [1.29, 1.82) is 0 Å². The second-order valence-electron chi connectivity index (χ2n) is 6.25. The number of halogens is 1. The van der Waals surface area contributed by atoms with Crippen LogP contribution in [0, 0.1) is 11.7 Å². The fraction of sp³-hybridized carbons (Fsp3) is 0.250. The fourth-order valence-corrected chi connectivity index (χ4v) is 2.59. The molecule has 0 aliphatic carbocycles. The van der Waals surface area contributed by atoms with Gasteiger partial charge in [-0.3, -0.25) is 20.4 Å². The molecular weight excluding hydrogens is 379 g/mol. The van der Waals surface area contributed by atoms with E-state index < -0.39 is 17.8 Å². The standard InChI is InChI=1S/C20H23FN4O2S/c1-3-13(2)17(23-18(26)14-9-5-4-6-10-14)19(27)24-25-20(28)22-16-12-8-7-11-15(16)21/h4-13,17H,3H2,1-2H3,(H,23,26)(H,24,27)(H2,22,25,28)/t13-,17-/m0/s1. The monoisotopic (exact) mass is 402 g/mol. The molecule has 0 spiro atoms. The van der Waals surface area contributed by atoms with E-state index in [0.717, 1.165) is 0 Å². The van der Waals surface area contributed by atoms with Crippen LogP contribution in [0.1, 0.15) is 30.6 Å². The van der Waals surface area contributed by atoms with Crippen molar-refractivity contribution in [3.63, 3.8) is 0 Å². The summed E-state index contributed by atoms with van der Waals surface area (Å²) in [4.78, 5) is 25.0. The summed E-state index contributed by atoms with van der Waals surface area (Å²) in [5.41, 5.74) is 5.65. The molecule has 28 heavy (non-hydrogen) atoms. The lowest BCUT2D eigenvalue weighted by Gasteiger charge is -2.24. The molecule has 0 saturated carbocycles. The van der Waals surface area contributed by atoms with Crippen LogP contribution >= 0.6 is 12.2 Å². The molecule has 2 aromatic carbocycles. The van der Waals surface area contributed by atoms with Crippen LogP contribution in [0.5, 0.6) is 0 Å². The lowest BCUT2D eigenvalue weighted by Crippen LogP contribution is -2.55. The molecule has 2 atom stereocenters. The lowest BCUT2D eigenvalue weighted by atomic mass is 9.98. The molecule has 0 heterocycles. The van der Waals surface area contributed by atoms with Gasteiger partial charge in [0, 0.05) is 5.56 Å². The molecule has 2 amide bonds. The first-order valence-electron chi connectivity index (χ1n) is 8.89. The number of rotatable bonds is 6. The normalized spacial score (nSPS) is 12.4. The Morgan fingerprint density at radius 3 is 2.32 bits per heavy atom. The summed E-state index contributed by atoms with van der Waals surface area (Å²) in [6.45, 7) is 3.79. The zero-order valence-electron chi connectivity index (χ0n) is 15.7. The van der Waals surface area contributed by atoms with Gasteiger partial charge in [0.1, 0.15) is 11.9 Å². The Bertz CT molecular complexity index is 832. The van der Waals surface area contributed by atoms with E-state index in [9.17, 15) is 14.0 Å². The zero-order valence-corrected chi connectivity index (χ0v) is 16.5. The van der Waals surface area contributed by atoms with Crippen LogP contribution in [-0.4, -0.2) is 23.0 Å². The first-order chi connectivity index (χ1) is 13.4. The topological polar surface area (TPSA) is 82.3 Å². The molecule has 0 saturated heterocycles. The minimum absolute atomic E-state index is 0.0238. The van der Waals surface area contributed by atoms with Crippen molar-refractivity contribution in [2.75, 3.05) is 5.32 Å². The summed E-state index contributed by atoms with van der Waals surface area (Å²) in [6.07, 6.45) is 0.686. The first kappa shape index (κ1) is 21.3. The molecule has 0 aliphatic heterocycles. The largest absolute Gasteiger partial charge is 0.340 e. The van der Waals surface area contributed by atoms with E-state index in [1.165, 1.54) is 12.1 Å². The Morgan fingerprint density at radius 2 is 1.68 bits per heavy atom. The van der Waals surface area contributed by atoms with Gasteiger partial charge in [-0.15, -0.1) is 0 Å². The number of hydrogen-bond acceptors (Lipinski definition) is 3. The van der Waals surface area contributed by atoms with Gasteiger partial charge >= 0.3 is 0 Å². The summed E-state index contributed by atoms with van der Waals surface area (Å²) in [7, 11) is 0. The predicted octanol–water partition coefficient (Wildman–Crippen LogP) is 2.99. The summed E-state index contributed by atoms with van der Waals surface area (Å²) in [5, 5.41) is 5.43. The third-order valence-corrected chi connectivity index (χ3v) is 4.44. The van der Waals surface area contributed by atoms with E-state index in [1.807, 2.05) is 19.9 Å². The molecule has 0 unspecified atom stereocenters. The van der Waals surface area contributed by atoms with E-state index >= 15 is 0 Å². The van der Waals surface area contributed by atoms with Crippen LogP contribution in [0.2, 0.25) is 0 Å². The van der Waals surface area contributed by atoms with E-state index in [0.29, 0.717) is 12.0 Å². The Hall–Kier alpha value is -3.00. The van der Waals surface area contributed by atoms with Crippen LogP contribution in [0.25, 0.3) is 0 Å². The van der Waals surface area contributed by atoms with Crippen LogP contribution < -0.4 is 21.5 Å². The Kier molecular flexibility index (Phi) is 7.88. The summed E-state index contributed by atoms with van der Waals surface area (Å²) < 4.78 is 13.6. The van der Waals surface area contributed by atoms with Gasteiger partial charge in [0.25, 0.3) is 11.8 Å². The van der Waals surface area contributed by atoms with Crippen molar-refractivity contribution in [2.24, 2.45) is 5.92 Å². The van der Waals surface area contributed by atoms with Crippen molar-refractivity contribution in [1.82, 2.24) is 16.2 Å². The van der Waals surface area contributed by atoms with Crippen molar-refractivity contribution in [3.05, 3.63) is 66.0 Å². The summed E-state index contributed by atoms with van der Waals surface area (Å²) >= 11 is 5.07. The van der Waals surface area contributed by atoms with Gasteiger partial charge in [-0.2, -0.15) is 0 Å². The average molecular weight is 402 g/mol. The van der Waals surface area contributed by atoms with Crippen LogP contribution in [0.3, 0.4) is 0 Å². The number of benzene rings is 2. The van der Waals surface area contributed by atoms with Gasteiger partial charge < -0.3 is 10.6 Å². The van der Waals surface area contributed by atoms with Crippen LogP contribution in [0.4, 0.5) is 10.1 Å². The Labute approximate surface area is 168 Å². The smallest absolute Gasteiger partial charge is 0.261 e. The van der Waals surface area contributed by atoms with Crippen molar-refractivity contribution in [3.8, 4) is 0 Å². The molecule has 0 aliphatic rings. The molecule has 0 aromatic heterocycles. The molecule has 148 valence electrons. The van der Waals surface area contributed by atoms with Crippen LogP contribution in [0.15, 0.2) is 54.6 Å². The first-order valence-corrected chi connectivity index (χ1v) is 9.30. The zero-order chi connectivity index (χ0) is 20.5. The van der Waals surface area contributed by atoms with Crippen molar-refractivity contribution < 1.29 is 14.0 Å². The molecular formula is C20H23FN4O2S. The van der Waals surface area contributed by atoms with Gasteiger partial charge in [-0.25, -0.2) is 4.39 Å². The number of nitrogens with one attached hydrogen (secondary N) is 4. The predicted molar refractivity (Wildman–Crippen MR) is 111 cm³/mol. The lowest BCUT2D eigenvalue weighted by molar-refractivity contribution is -0.124.